The van der Waals surface area contributed by atoms with Crippen molar-refractivity contribution in [3.8, 4) is 0 Å². The lowest BCUT2D eigenvalue weighted by molar-refractivity contribution is 0.0369. The number of fused-ring (bicyclic) bond motifs is 1. The van der Waals surface area contributed by atoms with Crippen LogP contribution in [0.15, 0.2) is 81.4 Å². The largest absolute Gasteiger partial charge is 0.384 e. The number of nitrogens with zero attached hydrogens (tertiary/aromatic N) is 3. The van der Waals surface area contributed by atoms with Crippen molar-refractivity contribution in [2.45, 2.75) is 26.8 Å². The quantitative estimate of drug-likeness (QED) is 0.312. The molecule has 3 aliphatic rings. The van der Waals surface area contributed by atoms with Crippen molar-refractivity contribution in [2.24, 2.45) is 16.6 Å². The number of hydrogen-bond acceptors (Lipinski definition) is 7. The van der Waals surface area contributed by atoms with Gasteiger partial charge in [-0.15, -0.1) is 0 Å². The molecule has 0 aromatic carbocycles. The Balaban J connectivity index is 1.44. The molecule has 0 spiro atoms. The van der Waals surface area contributed by atoms with Crippen molar-refractivity contribution in [3.05, 3.63) is 87.5 Å². The Morgan fingerprint density at radius 2 is 2.03 bits per heavy atom. The molecule has 9 nitrogen and oxygen atoms in total. The highest BCUT2D eigenvalue weighted by Crippen LogP contribution is 2.24. The van der Waals surface area contributed by atoms with Gasteiger partial charge >= 0.3 is 0 Å². The predicted molar refractivity (Wildman–Crippen MR) is 144 cm³/mol. The standard InChI is InChI=1S/C27H35N7O2/c1-19(2)21(16-28)15-25(29)32-26-6-5-23-24(31-26)14-22(17-30-23)20-4-7-27(35)34(18-20)9-3-8-33-10-12-36-13-11-33/h4-7,14-19,28,30-31H,3,8-13H2,1-2H3,(H2,29,32). The lowest BCUT2D eigenvalue weighted by Gasteiger charge is -2.26. The summed E-state index contributed by atoms with van der Waals surface area (Å²) in [5.74, 6) is 1.14. The molecule has 0 saturated carbocycles. The second-order valence-corrected chi connectivity index (χ2v) is 9.30. The van der Waals surface area contributed by atoms with E-state index in [9.17, 15) is 4.79 Å². The summed E-state index contributed by atoms with van der Waals surface area (Å²) in [5, 5.41) is 14.2. The van der Waals surface area contributed by atoms with Gasteiger partial charge in [-0.1, -0.05) is 13.8 Å². The van der Waals surface area contributed by atoms with Crippen molar-refractivity contribution in [2.75, 3.05) is 32.8 Å². The Hall–Kier alpha value is -3.69. The number of nitrogens with one attached hydrogen (secondary N) is 3. The van der Waals surface area contributed by atoms with Gasteiger partial charge in [0.1, 0.15) is 11.7 Å². The number of rotatable bonds is 9. The number of pyridine rings is 1. The van der Waals surface area contributed by atoms with Crippen LogP contribution in [0.5, 0.6) is 0 Å². The molecule has 4 rings (SSSR count). The number of aryl methyl sites for hydroxylation is 1. The number of ether oxygens (including phenoxy) is 1. The van der Waals surface area contributed by atoms with Crippen LogP contribution in [-0.4, -0.2) is 54.4 Å². The number of morpholine rings is 1. The molecule has 0 bridgehead atoms. The van der Waals surface area contributed by atoms with E-state index in [0.717, 1.165) is 67.4 Å². The van der Waals surface area contributed by atoms with E-state index in [2.05, 4.69) is 20.5 Å². The van der Waals surface area contributed by atoms with Gasteiger partial charge in [-0.2, -0.15) is 0 Å². The highest BCUT2D eigenvalue weighted by atomic mass is 16.5. The van der Waals surface area contributed by atoms with Crippen LogP contribution < -0.4 is 21.9 Å². The number of dihydropyridines is 2. The third-order valence-corrected chi connectivity index (χ3v) is 6.34. The molecule has 3 aliphatic heterocycles. The zero-order chi connectivity index (χ0) is 25.5. The van der Waals surface area contributed by atoms with Crippen LogP contribution in [0.25, 0.3) is 5.57 Å². The fourth-order valence-electron chi connectivity index (χ4n) is 4.21. The summed E-state index contributed by atoms with van der Waals surface area (Å²) in [7, 11) is 0. The van der Waals surface area contributed by atoms with E-state index >= 15 is 0 Å². The number of nitrogens with two attached hydrogens (primary N) is 1. The Labute approximate surface area is 211 Å². The average molecular weight is 490 g/mol. The third kappa shape index (κ3) is 6.50. The molecule has 36 heavy (non-hydrogen) atoms. The van der Waals surface area contributed by atoms with Gasteiger partial charge in [0, 0.05) is 56.4 Å². The minimum atomic E-state index is 0.00269. The van der Waals surface area contributed by atoms with E-state index in [1.165, 1.54) is 6.21 Å². The molecule has 0 unspecified atom stereocenters. The number of aliphatic imine (C=N–C) groups is 1. The predicted octanol–water partition coefficient (Wildman–Crippen LogP) is 2.32. The number of hydrogen-bond donors (Lipinski definition) is 4. The maximum Gasteiger partial charge on any atom is 0.250 e. The van der Waals surface area contributed by atoms with Gasteiger partial charge in [0.05, 0.1) is 24.6 Å². The Morgan fingerprint density at radius 3 is 2.78 bits per heavy atom. The monoisotopic (exact) mass is 489 g/mol. The highest BCUT2D eigenvalue weighted by Gasteiger charge is 2.17. The van der Waals surface area contributed by atoms with Crippen molar-refractivity contribution < 1.29 is 4.74 Å². The lowest BCUT2D eigenvalue weighted by Crippen LogP contribution is -2.37. The fourth-order valence-corrected chi connectivity index (χ4v) is 4.21. The van der Waals surface area contributed by atoms with Gasteiger partial charge in [-0.3, -0.25) is 9.69 Å². The van der Waals surface area contributed by atoms with Crippen molar-refractivity contribution in [3.63, 3.8) is 0 Å². The molecule has 4 heterocycles. The number of allylic oxidation sites excluding steroid dienone is 5. The van der Waals surface area contributed by atoms with E-state index in [0.29, 0.717) is 18.2 Å². The molecule has 0 aliphatic carbocycles. The SMILES string of the molecule is CC(C)C(C=N)=CC(N)=NC1=CC=C2NC=C(c3ccc(=O)n(CCCN4CCOCC4)c3)C=C2N1. The summed E-state index contributed by atoms with van der Waals surface area (Å²) < 4.78 is 7.19. The Morgan fingerprint density at radius 1 is 1.22 bits per heavy atom. The van der Waals surface area contributed by atoms with Gasteiger partial charge in [0.2, 0.25) is 0 Å². The molecule has 1 aromatic rings. The van der Waals surface area contributed by atoms with Crippen molar-refractivity contribution in [1.82, 2.24) is 20.1 Å². The van der Waals surface area contributed by atoms with Crippen LogP contribution in [0.2, 0.25) is 0 Å². The molecular formula is C27H35N7O2. The summed E-state index contributed by atoms with van der Waals surface area (Å²) in [6.07, 6.45) is 13.6. The van der Waals surface area contributed by atoms with Crippen LogP contribution in [0.1, 0.15) is 25.8 Å². The first-order valence-corrected chi connectivity index (χ1v) is 12.4. The van der Waals surface area contributed by atoms with Crippen LogP contribution >= 0.6 is 0 Å². The second kappa shape index (κ2) is 11.8. The maximum atomic E-state index is 12.5. The van der Waals surface area contributed by atoms with Crippen molar-refractivity contribution in [1.29, 1.82) is 5.41 Å². The zero-order valence-electron chi connectivity index (χ0n) is 21.0. The van der Waals surface area contributed by atoms with Crippen LogP contribution in [0, 0.1) is 11.3 Å². The molecule has 0 amide bonds. The minimum Gasteiger partial charge on any atom is -0.384 e. The summed E-state index contributed by atoms with van der Waals surface area (Å²) in [5.41, 5.74) is 10.6. The molecule has 9 heteroatoms. The van der Waals surface area contributed by atoms with Crippen LogP contribution in [0.4, 0.5) is 0 Å². The van der Waals surface area contributed by atoms with Gasteiger partial charge in [-0.05, 0) is 53.8 Å². The van der Waals surface area contributed by atoms with E-state index in [4.69, 9.17) is 15.9 Å². The number of amidine groups is 1. The molecule has 1 saturated heterocycles. The first kappa shape index (κ1) is 25.4. The molecule has 190 valence electrons. The Kier molecular flexibility index (Phi) is 8.35. The first-order valence-electron chi connectivity index (χ1n) is 12.4. The molecule has 1 aromatic heterocycles. The maximum absolute atomic E-state index is 12.5. The van der Waals surface area contributed by atoms with E-state index in [1.54, 1.807) is 16.7 Å². The van der Waals surface area contributed by atoms with Crippen LogP contribution in [0.3, 0.4) is 0 Å². The van der Waals surface area contributed by atoms with Gasteiger partial charge in [0.25, 0.3) is 5.56 Å². The smallest absolute Gasteiger partial charge is 0.250 e. The Bertz CT molecular complexity index is 1220. The van der Waals surface area contributed by atoms with E-state index in [-0.39, 0.29) is 11.5 Å². The van der Waals surface area contributed by atoms with Crippen LogP contribution in [-0.2, 0) is 11.3 Å². The summed E-state index contributed by atoms with van der Waals surface area (Å²) in [6, 6.07) is 3.48. The highest BCUT2D eigenvalue weighted by molar-refractivity contribution is 5.97. The zero-order valence-corrected chi connectivity index (χ0v) is 21.0. The van der Waals surface area contributed by atoms with E-state index in [1.807, 2.05) is 50.5 Å². The molecule has 5 N–H and O–H groups in total. The topological polar surface area (TPSA) is 121 Å². The molecule has 0 radical (unpaired) electrons. The summed E-state index contributed by atoms with van der Waals surface area (Å²) in [4.78, 5) is 19.3. The molecular weight excluding hydrogens is 454 g/mol. The van der Waals surface area contributed by atoms with E-state index < -0.39 is 0 Å². The van der Waals surface area contributed by atoms with Gasteiger partial charge < -0.3 is 31.1 Å². The van der Waals surface area contributed by atoms with Gasteiger partial charge in [0.15, 0.2) is 0 Å². The van der Waals surface area contributed by atoms with Gasteiger partial charge in [-0.25, -0.2) is 4.99 Å². The number of aromatic nitrogens is 1. The average Bonchev–Trinajstić information content (AvgIpc) is 2.88. The fraction of sp³-hybridized carbons (Fsp3) is 0.370. The first-order chi connectivity index (χ1) is 17.4. The normalized spacial score (nSPS) is 18.9. The minimum absolute atomic E-state index is 0.00269. The third-order valence-electron chi connectivity index (χ3n) is 6.34. The molecule has 1 fully saturated rings. The van der Waals surface area contributed by atoms with Crippen molar-refractivity contribution >= 4 is 17.6 Å². The molecule has 0 atom stereocenters. The summed E-state index contributed by atoms with van der Waals surface area (Å²) >= 11 is 0. The lowest BCUT2D eigenvalue weighted by atomic mass is 10.0. The second-order valence-electron chi connectivity index (χ2n) is 9.30. The summed E-state index contributed by atoms with van der Waals surface area (Å²) in [6.45, 7) is 9.12.